The molecule has 1 amide bonds. The second kappa shape index (κ2) is 6.20. The Morgan fingerprint density at radius 3 is 2.85 bits per heavy atom. The maximum Gasteiger partial charge on any atom is 0.234 e. The van der Waals surface area contributed by atoms with Crippen LogP contribution < -0.4 is 5.32 Å². The van der Waals surface area contributed by atoms with Crippen molar-refractivity contribution in [1.82, 2.24) is 15.2 Å². The number of nitrogens with one attached hydrogen (secondary N) is 1. The molecule has 1 aromatic heterocycles. The van der Waals surface area contributed by atoms with Gasteiger partial charge in [0.15, 0.2) is 0 Å². The fraction of sp³-hybridized carbons (Fsp3) is 0.474. The molecular weight excluding hydrogens is 368 g/mol. The van der Waals surface area contributed by atoms with Gasteiger partial charge in [-0.25, -0.2) is 4.98 Å². The zero-order valence-electron chi connectivity index (χ0n) is 15.0. The first-order chi connectivity index (χ1) is 12.3. The van der Waals surface area contributed by atoms with Crippen molar-refractivity contribution in [1.29, 1.82) is 0 Å². The zero-order valence-corrected chi connectivity index (χ0v) is 16.6. The Labute approximate surface area is 162 Å². The van der Waals surface area contributed by atoms with E-state index >= 15 is 0 Å². The SMILES string of the molecule is CC1(C)[C@@H]2CC[C@]1(C)c1nc(SCC(=O)Nc3ccccc3Cl)nnc12. The van der Waals surface area contributed by atoms with Gasteiger partial charge in [0.2, 0.25) is 11.1 Å². The summed E-state index contributed by atoms with van der Waals surface area (Å²) >= 11 is 7.38. The summed E-state index contributed by atoms with van der Waals surface area (Å²) in [6, 6.07) is 7.18. The fourth-order valence-corrected chi connectivity index (χ4v) is 5.07. The van der Waals surface area contributed by atoms with Crippen LogP contribution in [0, 0.1) is 5.41 Å². The molecule has 136 valence electrons. The molecule has 1 aromatic carbocycles. The number of hydrogen-bond acceptors (Lipinski definition) is 5. The van der Waals surface area contributed by atoms with E-state index < -0.39 is 0 Å². The third kappa shape index (κ3) is 2.62. The predicted octanol–water partition coefficient (Wildman–Crippen LogP) is 4.43. The van der Waals surface area contributed by atoms with Crippen LogP contribution in [0.2, 0.25) is 5.02 Å². The van der Waals surface area contributed by atoms with E-state index in [0.717, 1.165) is 24.2 Å². The lowest BCUT2D eigenvalue weighted by atomic mass is 9.70. The summed E-state index contributed by atoms with van der Waals surface area (Å²) in [5.41, 5.74) is 2.93. The van der Waals surface area contributed by atoms with E-state index in [1.807, 2.05) is 12.1 Å². The molecule has 2 aliphatic carbocycles. The van der Waals surface area contributed by atoms with Gasteiger partial charge in [-0.15, -0.1) is 5.10 Å². The first kappa shape index (κ1) is 17.7. The number of carbonyl (C=O) groups excluding carboxylic acids is 1. The van der Waals surface area contributed by atoms with Gasteiger partial charge in [0.25, 0.3) is 0 Å². The number of nitrogens with zero attached hydrogens (tertiary/aromatic N) is 3. The number of carbonyl (C=O) groups is 1. The van der Waals surface area contributed by atoms with Crippen LogP contribution in [0.15, 0.2) is 29.4 Å². The van der Waals surface area contributed by atoms with E-state index in [9.17, 15) is 4.79 Å². The van der Waals surface area contributed by atoms with Gasteiger partial charge >= 0.3 is 0 Å². The van der Waals surface area contributed by atoms with E-state index in [-0.39, 0.29) is 22.5 Å². The molecule has 4 rings (SSSR count). The topological polar surface area (TPSA) is 67.8 Å². The van der Waals surface area contributed by atoms with Crippen molar-refractivity contribution in [3.63, 3.8) is 0 Å². The van der Waals surface area contributed by atoms with Gasteiger partial charge in [0.1, 0.15) is 0 Å². The number of amides is 1. The van der Waals surface area contributed by atoms with Crippen LogP contribution in [-0.2, 0) is 10.2 Å². The summed E-state index contributed by atoms with van der Waals surface area (Å²) < 4.78 is 0. The highest BCUT2D eigenvalue weighted by Gasteiger charge is 2.61. The van der Waals surface area contributed by atoms with Crippen LogP contribution in [0.5, 0.6) is 0 Å². The summed E-state index contributed by atoms with van der Waals surface area (Å²) in [6.45, 7) is 6.89. The van der Waals surface area contributed by atoms with Crippen LogP contribution >= 0.6 is 23.4 Å². The minimum absolute atomic E-state index is 0.0398. The van der Waals surface area contributed by atoms with Gasteiger partial charge < -0.3 is 5.32 Å². The number of halogens is 1. The normalized spacial score (nSPS) is 25.2. The number of hydrogen-bond donors (Lipinski definition) is 1. The Morgan fingerprint density at radius 1 is 1.31 bits per heavy atom. The van der Waals surface area contributed by atoms with Crippen LogP contribution in [0.1, 0.15) is 50.9 Å². The second-order valence-electron chi connectivity index (χ2n) is 7.79. The first-order valence-electron chi connectivity index (χ1n) is 8.75. The van der Waals surface area contributed by atoms with Crippen LogP contribution in [0.4, 0.5) is 5.69 Å². The number of para-hydroxylation sites is 1. The standard InChI is InChI=1S/C19H21ClN4OS/c1-18(2)11-8-9-19(18,3)16-15(11)23-24-17(22-16)26-10-14(25)21-13-7-5-4-6-12(13)20/h4-7,11H,8-10H2,1-3H3,(H,21,25)/t11-,19-/m1/s1. The van der Waals surface area contributed by atoms with Crippen LogP contribution in [0.3, 0.4) is 0 Å². The molecule has 2 atom stereocenters. The molecule has 1 saturated carbocycles. The molecule has 0 aliphatic heterocycles. The van der Waals surface area contributed by atoms with Gasteiger partial charge in [-0.3, -0.25) is 4.79 Å². The van der Waals surface area contributed by atoms with Crippen molar-refractivity contribution in [2.24, 2.45) is 5.41 Å². The Balaban J connectivity index is 1.47. The average Bonchev–Trinajstić information content (AvgIpc) is 2.94. The van der Waals surface area contributed by atoms with Crippen LogP contribution in [0.25, 0.3) is 0 Å². The molecule has 2 aromatic rings. The number of aromatic nitrogens is 3. The molecule has 26 heavy (non-hydrogen) atoms. The molecule has 5 nitrogen and oxygen atoms in total. The number of benzene rings is 1. The molecule has 0 unspecified atom stereocenters. The average molecular weight is 389 g/mol. The molecular formula is C19H21ClN4OS. The van der Waals surface area contributed by atoms with E-state index in [0.29, 0.717) is 21.8 Å². The molecule has 2 bridgehead atoms. The van der Waals surface area contributed by atoms with E-state index in [1.165, 1.54) is 11.8 Å². The molecule has 0 radical (unpaired) electrons. The lowest BCUT2D eigenvalue weighted by Crippen LogP contribution is -2.32. The third-order valence-corrected chi connectivity index (χ3v) is 7.42. The summed E-state index contributed by atoms with van der Waals surface area (Å²) in [5.74, 6) is 0.514. The molecule has 0 spiro atoms. The molecule has 1 heterocycles. The van der Waals surface area contributed by atoms with E-state index in [1.54, 1.807) is 12.1 Å². The van der Waals surface area contributed by atoms with Crippen LogP contribution in [-0.4, -0.2) is 26.8 Å². The molecule has 1 fully saturated rings. The van der Waals surface area contributed by atoms with E-state index in [4.69, 9.17) is 16.6 Å². The van der Waals surface area contributed by atoms with Gasteiger partial charge in [-0.05, 0) is 30.4 Å². The number of anilines is 1. The Hall–Kier alpha value is -1.66. The first-order valence-corrected chi connectivity index (χ1v) is 10.1. The van der Waals surface area contributed by atoms with Gasteiger partial charge in [0.05, 0.1) is 27.9 Å². The quantitative estimate of drug-likeness (QED) is 0.784. The summed E-state index contributed by atoms with van der Waals surface area (Å²) in [4.78, 5) is 17.0. The highest BCUT2D eigenvalue weighted by atomic mass is 35.5. The Morgan fingerprint density at radius 2 is 2.08 bits per heavy atom. The Bertz CT molecular complexity index is 888. The largest absolute Gasteiger partial charge is 0.324 e. The molecule has 7 heteroatoms. The fourth-order valence-electron chi connectivity index (χ4n) is 4.30. The predicted molar refractivity (Wildman–Crippen MR) is 104 cm³/mol. The van der Waals surface area contributed by atoms with E-state index in [2.05, 4.69) is 36.3 Å². The molecule has 1 N–H and O–H groups in total. The second-order valence-corrected chi connectivity index (χ2v) is 9.14. The summed E-state index contributed by atoms with van der Waals surface area (Å²) in [5, 5.41) is 12.6. The Kier molecular flexibility index (Phi) is 4.23. The molecule has 2 aliphatic rings. The number of fused-ring (bicyclic) bond motifs is 5. The summed E-state index contributed by atoms with van der Waals surface area (Å²) in [6.07, 6.45) is 2.28. The van der Waals surface area contributed by atoms with Crippen molar-refractivity contribution in [3.05, 3.63) is 40.7 Å². The van der Waals surface area contributed by atoms with Crippen molar-refractivity contribution in [2.45, 2.75) is 50.1 Å². The van der Waals surface area contributed by atoms with Crippen molar-refractivity contribution in [3.8, 4) is 0 Å². The number of thioether (sulfide) groups is 1. The lowest BCUT2D eigenvalue weighted by molar-refractivity contribution is -0.113. The van der Waals surface area contributed by atoms with Crippen molar-refractivity contribution < 1.29 is 4.79 Å². The minimum Gasteiger partial charge on any atom is -0.324 e. The number of rotatable bonds is 4. The molecule has 0 saturated heterocycles. The van der Waals surface area contributed by atoms with Gasteiger partial charge in [-0.1, -0.05) is 56.3 Å². The van der Waals surface area contributed by atoms with Crippen molar-refractivity contribution >= 4 is 35.0 Å². The zero-order chi connectivity index (χ0) is 18.5. The lowest BCUT2D eigenvalue weighted by Gasteiger charge is -2.33. The minimum atomic E-state index is -0.139. The smallest absolute Gasteiger partial charge is 0.234 e. The monoisotopic (exact) mass is 388 g/mol. The maximum absolute atomic E-state index is 12.2. The summed E-state index contributed by atoms with van der Waals surface area (Å²) in [7, 11) is 0. The third-order valence-electron chi connectivity index (χ3n) is 6.25. The highest BCUT2D eigenvalue weighted by molar-refractivity contribution is 7.99. The maximum atomic E-state index is 12.2. The highest BCUT2D eigenvalue weighted by Crippen LogP contribution is 2.66. The van der Waals surface area contributed by atoms with Crippen molar-refractivity contribution in [2.75, 3.05) is 11.1 Å². The van der Waals surface area contributed by atoms with Gasteiger partial charge in [-0.2, -0.15) is 5.10 Å². The van der Waals surface area contributed by atoms with Gasteiger partial charge in [0, 0.05) is 11.3 Å².